The molecule has 1 aromatic carbocycles. The molecule has 3 aliphatic rings. The molecule has 5 heterocycles. The van der Waals surface area contributed by atoms with Crippen molar-refractivity contribution in [2.24, 2.45) is 5.92 Å². The molecule has 0 aliphatic carbocycles. The van der Waals surface area contributed by atoms with Gasteiger partial charge in [-0.05, 0) is 75.9 Å². The van der Waals surface area contributed by atoms with Crippen LogP contribution in [0.15, 0.2) is 30.5 Å². The highest BCUT2D eigenvalue weighted by Gasteiger charge is 2.34. The standard InChI is InChI=1S/C31H44N6OS/c1-23(2)24-9-11-25(12-10-24)28-22-37-30(32-28)39-31(33-37)35-20-13-26(14-21-35)29(38)36-18-7-4-8-27(36)15-19-34-16-5-3-6-17-34/h9-12,22-23,26-27H,3-8,13-21H2,1-2H3. The smallest absolute Gasteiger partial charge is 0.226 e. The molecule has 6 rings (SSSR count). The Hall–Kier alpha value is -2.45. The minimum Gasteiger partial charge on any atom is -0.347 e. The molecular weight excluding hydrogens is 504 g/mol. The summed E-state index contributed by atoms with van der Waals surface area (Å²) in [6.07, 6.45) is 12.7. The molecule has 1 amide bonds. The average molecular weight is 549 g/mol. The summed E-state index contributed by atoms with van der Waals surface area (Å²) < 4.78 is 1.92. The van der Waals surface area contributed by atoms with Crippen molar-refractivity contribution in [1.29, 1.82) is 0 Å². The van der Waals surface area contributed by atoms with Crippen LogP contribution in [-0.2, 0) is 4.79 Å². The van der Waals surface area contributed by atoms with Crippen molar-refractivity contribution in [3.05, 3.63) is 36.0 Å². The van der Waals surface area contributed by atoms with Gasteiger partial charge in [0.1, 0.15) is 0 Å². The molecule has 3 aromatic rings. The normalized spacial score (nSPS) is 21.8. The predicted octanol–water partition coefficient (Wildman–Crippen LogP) is 6.05. The molecule has 2 aromatic heterocycles. The number of hydrogen-bond acceptors (Lipinski definition) is 6. The monoisotopic (exact) mass is 548 g/mol. The Balaban J connectivity index is 1.04. The van der Waals surface area contributed by atoms with E-state index in [1.54, 1.807) is 11.3 Å². The van der Waals surface area contributed by atoms with Crippen LogP contribution in [0.25, 0.3) is 16.2 Å². The summed E-state index contributed by atoms with van der Waals surface area (Å²) in [5.41, 5.74) is 3.44. The fraction of sp³-hybridized carbons (Fsp3) is 0.645. The number of hydrogen-bond donors (Lipinski definition) is 0. The molecule has 3 fully saturated rings. The molecule has 1 atom stereocenters. The van der Waals surface area contributed by atoms with E-state index in [9.17, 15) is 4.79 Å². The third kappa shape index (κ3) is 6.02. The topological polar surface area (TPSA) is 57.0 Å². The number of carbonyl (C=O) groups is 1. The van der Waals surface area contributed by atoms with Crippen LogP contribution in [0.4, 0.5) is 5.13 Å². The summed E-state index contributed by atoms with van der Waals surface area (Å²) in [4.78, 5) is 26.7. The van der Waals surface area contributed by atoms with Crippen LogP contribution < -0.4 is 4.90 Å². The van der Waals surface area contributed by atoms with Crippen molar-refractivity contribution in [2.75, 3.05) is 44.2 Å². The quantitative estimate of drug-likeness (QED) is 0.360. The second kappa shape index (κ2) is 12.0. The van der Waals surface area contributed by atoms with Crippen LogP contribution in [0.5, 0.6) is 0 Å². The second-order valence-electron chi connectivity index (χ2n) is 12.1. The summed E-state index contributed by atoms with van der Waals surface area (Å²) in [7, 11) is 0. The fourth-order valence-electron chi connectivity index (χ4n) is 6.65. The van der Waals surface area contributed by atoms with E-state index in [1.165, 1.54) is 50.8 Å². The highest BCUT2D eigenvalue weighted by Crippen LogP contribution is 2.32. The zero-order chi connectivity index (χ0) is 26.8. The van der Waals surface area contributed by atoms with Gasteiger partial charge in [-0.1, -0.05) is 55.9 Å². The van der Waals surface area contributed by atoms with Gasteiger partial charge in [0.25, 0.3) is 0 Å². The lowest BCUT2D eigenvalue weighted by atomic mass is 9.91. The number of anilines is 1. The molecule has 8 heteroatoms. The highest BCUT2D eigenvalue weighted by atomic mass is 32.1. The van der Waals surface area contributed by atoms with E-state index >= 15 is 0 Å². The Morgan fingerprint density at radius 2 is 1.69 bits per heavy atom. The van der Waals surface area contributed by atoms with Gasteiger partial charge in [0.05, 0.1) is 11.9 Å². The first-order chi connectivity index (χ1) is 19.0. The Morgan fingerprint density at radius 3 is 2.41 bits per heavy atom. The molecule has 210 valence electrons. The summed E-state index contributed by atoms with van der Waals surface area (Å²) in [5, 5.41) is 5.88. The molecule has 0 N–H and O–H groups in total. The first kappa shape index (κ1) is 26.8. The third-order valence-electron chi connectivity index (χ3n) is 9.16. The van der Waals surface area contributed by atoms with E-state index in [2.05, 4.69) is 52.8 Å². The van der Waals surface area contributed by atoms with Crippen LogP contribution in [0.3, 0.4) is 0 Å². The molecule has 3 aliphatic heterocycles. The van der Waals surface area contributed by atoms with Crippen molar-refractivity contribution in [3.8, 4) is 11.3 Å². The average Bonchev–Trinajstić information content (AvgIpc) is 3.57. The molecule has 0 saturated carbocycles. The Bertz CT molecular complexity index is 1200. The first-order valence-corrected chi connectivity index (χ1v) is 16.1. The summed E-state index contributed by atoms with van der Waals surface area (Å²) >= 11 is 1.65. The molecule has 7 nitrogen and oxygen atoms in total. The van der Waals surface area contributed by atoms with Crippen molar-refractivity contribution in [1.82, 2.24) is 24.4 Å². The number of benzene rings is 1. The molecule has 1 unspecified atom stereocenters. The van der Waals surface area contributed by atoms with Gasteiger partial charge in [-0.2, -0.15) is 0 Å². The second-order valence-corrected chi connectivity index (χ2v) is 13.1. The third-order valence-corrected chi connectivity index (χ3v) is 10.1. The molecule has 39 heavy (non-hydrogen) atoms. The minimum atomic E-state index is 0.154. The maximum absolute atomic E-state index is 13.7. The fourth-order valence-corrected chi connectivity index (χ4v) is 7.59. The molecule has 0 bridgehead atoms. The number of imidazole rings is 1. The van der Waals surface area contributed by atoms with E-state index < -0.39 is 0 Å². The molecule has 3 saturated heterocycles. The Kier molecular flexibility index (Phi) is 8.21. The number of rotatable bonds is 7. The van der Waals surface area contributed by atoms with E-state index in [0.717, 1.165) is 73.2 Å². The van der Waals surface area contributed by atoms with Crippen molar-refractivity contribution >= 4 is 27.3 Å². The van der Waals surface area contributed by atoms with E-state index in [4.69, 9.17) is 10.1 Å². The van der Waals surface area contributed by atoms with Crippen LogP contribution in [0.1, 0.15) is 83.1 Å². The van der Waals surface area contributed by atoms with Gasteiger partial charge in [-0.25, -0.2) is 9.50 Å². The minimum absolute atomic E-state index is 0.154. The predicted molar refractivity (Wildman–Crippen MR) is 160 cm³/mol. The number of piperidine rings is 3. The Labute approximate surface area is 237 Å². The number of fused-ring (bicyclic) bond motifs is 1. The molecule has 0 spiro atoms. The van der Waals surface area contributed by atoms with E-state index in [-0.39, 0.29) is 5.92 Å². The molecule has 0 radical (unpaired) electrons. The van der Waals surface area contributed by atoms with Crippen molar-refractivity contribution < 1.29 is 4.79 Å². The van der Waals surface area contributed by atoms with Crippen LogP contribution in [0, 0.1) is 5.92 Å². The zero-order valence-electron chi connectivity index (χ0n) is 23.7. The number of amides is 1. The number of likely N-dealkylation sites (tertiary alicyclic amines) is 2. The van der Waals surface area contributed by atoms with Gasteiger partial charge in [0.15, 0.2) is 0 Å². The van der Waals surface area contributed by atoms with E-state index in [0.29, 0.717) is 17.9 Å². The zero-order valence-corrected chi connectivity index (χ0v) is 24.5. The van der Waals surface area contributed by atoms with Crippen molar-refractivity contribution in [3.63, 3.8) is 0 Å². The number of carbonyl (C=O) groups excluding carboxylic acids is 1. The van der Waals surface area contributed by atoms with Crippen LogP contribution >= 0.6 is 11.3 Å². The van der Waals surface area contributed by atoms with Gasteiger partial charge in [-0.15, -0.1) is 5.10 Å². The van der Waals surface area contributed by atoms with Gasteiger partial charge in [-0.3, -0.25) is 4.79 Å². The van der Waals surface area contributed by atoms with Gasteiger partial charge >= 0.3 is 0 Å². The Morgan fingerprint density at radius 1 is 0.949 bits per heavy atom. The number of aromatic nitrogens is 3. The van der Waals surface area contributed by atoms with Gasteiger partial charge in [0.2, 0.25) is 16.0 Å². The lowest BCUT2D eigenvalue weighted by molar-refractivity contribution is -0.140. The largest absolute Gasteiger partial charge is 0.347 e. The lowest BCUT2D eigenvalue weighted by Crippen LogP contribution is -2.49. The summed E-state index contributed by atoms with van der Waals surface area (Å²) in [5.74, 6) is 1.10. The maximum atomic E-state index is 13.7. The maximum Gasteiger partial charge on any atom is 0.226 e. The van der Waals surface area contributed by atoms with Crippen molar-refractivity contribution in [2.45, 2.75) is 83.6 Å². The van der Waals surface area contributed by atoms with Crippen LogP contribution in [-0.4, -0.2) is 75.6 Å². The van der Waals surface area contributed by atoms with Gasteiger partial charge < -0.3 is 14.7 Å². The van der Waals surface area contributed by atoms with Gasteiger partial charge in [0, 0.05) is 43.7 Å². The van der Waals surface area contributed by atoms with Crippen LogP contribution in [0.2, 0.25) is 0 Å². The highest BCUT2D eigenvalue weighted by molar-refractivity contribution is 7.20. The summed E-state index contributed by atoms with van der Waals surface area (Å²) in [6, 6.07) is 9.14. The lowest BCUT2D eigenvalue weighted by Gasteiger charge is -2.41. The summed E-state index contributed by atoms with van der Waals surface area (Å²) in [6.45, 7) is 10.8. The molecular formula is C31H44N6OS. The first-order valence-electron chi connectivity index (χ1n) is 15.3. The number of nitrogens with zero attached hydrogens (tertiary/aromatic N) is 6. The van der Waals surface area contributed by atoms with E-state index in [1.807, 2.05) is 10.7 Å². The SMILES string of the molecule is CC(C)c1ccc(-c2cn3nc(N4CCC(C(=O)N5CCCCC5CCN5CCCCC5)CC4)sc3n2)cc1.